The standard InChI is InChI=1S/C62H42BNO2/c65-60-41-45(64(58-34-14-12-25-46(58)42-19-4-1-5-20-42)59-35-18-32-56-55-28-13-15-36-61(55)66-62(56)59)37-38-54(60)52-40-39-51(47-26-10-11-27-48(47)52)49-29-16-31-53-50(49)30-17-33-57(53)63(43-21-6-2-7-22-43)44-23-8-3-9-24-44/h1-41,65H. The first-order chi connectivity index (χ1) is 32.7. The second-order valence-electron chi connectivity index (χ2n) is 16.9. The fourth-order valence-electron chi connectivity index (χ4n) is 10.2. The summed E-state index contributed by atoms with van der Waals surface area (Å²) < 4.78 is 6.65. The van der Waals surface area contributed by atoms with Crippen molar-refractivity contribution in [2.24, 2.45) is 0 Å². The molecule has 1 heterocycles. The van der Waals surface area contributed by atoms with Crippen LogP contribution in [-0.4, -0.2) is 11.8 Å². The number of para-hydroxylation sites is 3. The first-order valence-electron chi connectivity index (χ1n) is 22.5. The molecule has 310 valence electrons. The molecule has 0 aliphatic heterocycles. The van der Waals surface area contributed by atoms with Crippen molar-refractivity contribution in [2.75, 3.05) is 4.90 Å². The lowest BCUT2D eigenvalue weighted by molar-refractivity contribution is 0.477. The maximum absolute atomic E-state index is 12.3. The van der Waals surface area contributed by atoms with E-state index < -0.39 is 0 Å². The van der Waals surface area contributed by atoms with Gasteiger partial charge in [0.05, 0.1) is 17.1 Å². The molecule has 0 saturated heterocycles. The van der Waals surface area contributed by atoms with Crippen LogP contribution in [0.2, 0.25) is 0 Å². The van der Waals surface area contributed by atoms with Crippen LogP contribution in [0.5, 0.6) is 5.75 Å². The summed E-state index contributed by atoms with van der Waals surface area (Å²) in [6.45, 7) is 0.0748. The molecule has 66 heavy (non-hydrogen) atoms. The topological polar surface area (TPSA) is 36.6 Å². The summed E-state index contributed by atoms with van der Waals surface area (Å²) in [5.74, 6) is 0.187. The Labute approximate surface area is 384 Å². The van der Waals surface area contributed by atoms with E-state index in [4.69, 9.17) is 4.42 Å². The molecular weight excluding hydrogens is 801 g/mol. The number of hydrogen-bond donors (Lipinski definition) is 1. The van der Waals surface area contributed by atoms with Gasteiger partial charge in [0.15, 0.2) is 5.58 Å². The molecule has 0 fully saturated rings. The number of phenols is 1. The zero-order chi connectivity index (χ0) is 44.0. The Kier molecular flexibility index (Phi) is 9.76. The third-order valence-electron chi connectivity index (χ3n) is 13.1. The summed E-state index contributed by atoms with van der Waals surface area (Å²) in [7, 11) is 0. The van der Waals surface area contributed by atoms with Gasteiger partial charge in [-0.3, -0.25) is 0 Å². The van der Waals surface area contributed by atoms with Gasteiger partial charge in [-0.1, -0.05) is 229 Å². The maximum Gasteiger partial charge on any atom is 0.241 e. The van der Waals surface area contributed by atoms with Crippen LogP contribution in [0.15, 0.2) is 253 Å². The van der Waals surface area contributed by atoms with Crippen molar-refractivity contribution in [1.82, 2.24) is 0 Å². The molecule has 0 bridgehead atoms. The van der Waals surface area contributed by atoms with Crippen molar-refractivity contribution >= 4 is 83.6 Å². The van der Waals surface area contributed by atoms with E-state index in [9.17, 15) is 5.11 Å². The molecule has 4 heteroatoms. The quantitative estimate of drug-likeness (QED) is 0.147. The minimum atomic E-state index is 0.0748. The van der Waals surface area contributed by atoms with E-state index in [1.165, 1.54) is 32.7 Å². The highest BCUT2D eigenvalue weighted by Crippen LogP contribution is 2.48. The summed E-state index contributed by atoms with van der Waals surface area (Å²) in [4.78, 5) is 2.21. The Morgan fingerprint density at radius 2 is 0.833 bits per heavy atom. The number of fused-ring (bicyclic) bond motifs is 5. The molecule has 0 aliphatic carbocycles. The summed E-state index contributed by atoms with van der Waals surface area (Å²) in [6, 6.07) is 87.4. The SMILES string of the molecule is Oc1cc(N(c2ccccc2-c2ccccc2)c2cccc3c2oc2ccccc23)ccc1-c1ccc(-c2cccc3c(B(c4ccccc4)c4ccccc4)cccc23)c2ccccc12. The van der Waals surface area contributed by atoms with Crippen molar-refractivity contribution < 1.29 is 9.52 Å². The zero-order valence-electron chi connectivity index (χ0n) is 36.1. The largest absolute Gasteiger partial charge is 0.507 e. The second-order valence-corrected chi connectivity index (χ2v) is 16.9. The molecule has 12 rings (SSSR count). The van der Waals surface area contributed by atoms with Crippen LogP contribution < -0.4 is 21.3 Å². The normalized spacial score (nSPS) is 11.4. The maximum atomic E-state index is 12.3. The number of nitrogens with zero attached hydrogens (tertiary/aromatic N) is 1. The minimum absolute atomic E-state index is 0.0748. The van der Waals surface area contributed by atoms with Crippen LogP contribution in [0.25, 0.3) is 76.9 Å². The predicted octanol–water partition coefficient (Wildman–Crippen LogP) is 14.6. The Balaban J connectivity index is 0.996. The van der Waals surface area contributed by atoms with Gasteiger partial charge in [-0.05, 0) is 74.1 Å². The summed E-state index contributed by atoms with van der Waals surface area (Å²) >= 11 is 0. The lowest BCUT2D eigenvalue weighted by Gasteiger charge is -2.28. The van der Waals surface area contributed by atoms with Crippen molar-refractivity contribution in [3.8, 4) is 39.1 Å². The molecule has 0 spiro atoms. The summed E-state index contributed by atoms with van der Waals surface area (Å²) in [5, 5.41) is 19.0. The zero-order valence-corrected chi connectivity index (χ0v) is 36.1. The Morgan fingerprint density at radius 1 is 0.348 bits per heavy atom. The van der Waals surface area contributed by atoms with Gasteiger partial charge in [-0.15, -0.1) is 0 Å². The fourth-order valence-corrected chi connectivity index (χ4v) is 10.2. The molecule has 0 radical (unpaired) electrons. The average Bonchev–Trinajstić information content (AvgIpc) is 3.77. The molecule has 0 atom stereocenters. The summed E-state index contributed by atoms with van der Waals surface area (Å²) in [5.41, 5.74) is 14.3. The molecule has 0 saturated carbocycles. The molecule has 0 amide bonds. The molecule has 1 aromatic heterocycles. The Morgan fingerprint density at radius 3 is 1.56 bits per heavy atom. The number of furan rings is 1. The lowest BCUT2D eigenvalue weighted by Crippen LogP contribution is -2.52. The van der Waals surface area contributed by atoms with Crippen LogP contribution in [-0.2, 0) is 0 Å². The van der Waals surface area contributed by atoms with Crippen molar-refractivity contribution in [3.05, 3.63) is 249 Å². The van der Waals surface area contributed by atoms with Gasteiger partial charge >= 0.3 is 0 Å². The molecule has 11 aromatic carbocycles. The molecular formula is C62H42BNO2. The molecule has 1 N–H and O–H groups in total. The number of hydrogen-bond acceptors (Lipinski definition) is 3. The number of rotatable bonds is 9. The molecule has 0 unspecified atom stereocenters. The van der Waals surface area contributed by atoms with Gasteiger partial charge < -0.3 is 14.4 Å². The van der Waals surface area contributed by atoms with Gasteiger partial charge in [0.1, 0.15) is 11.3 Å². The van der Waals surface area contributed by atoms with Gasteiger partial charge in [0.25, 0.3) is 0 Å². The molecule has 3 nitrogen and oxygen atoms in total. The third-order valence-corrected chi connectivity index (χ3v) is 13.1. The molecule has 12 aromatic rings. The van der Waals surface area contributed by atoms with Gasteiger partial charge in [0, 0.05) is 28.0 Å². The van der Waals surface area contributed by atoms with E-state index in [0.717, 1.165) is 77.6 Å². The third kappa shape index (κ3) is 6.70. The van der Waals surface area contributed by atoms with Gasteiger partial charge in [0.2, 0.25) is 6.71 Å². The van der Waals surface area contributed by atoms with E-state index in [1.54, 1.807) is 0 Å². The van der Waals surface area contributed by atoms with E-state index in [-0.39, 0.29) is 12.5 Å². The van der Waals surface area contributed by atoms with E-state index in [2.05, 4.69) is 223 Å². The lowest BCUT2D eigenvalue weighted by atomic mass is 9.36. The highest BCUT2D eigenvalue weighted by atomic mass is 16.3. The van der Waals surface area contributed by atoms with Gasteiger partial charge in [-0.25, -0.2) is 0 Å². The first-order valence-corrected chi connectivity index (χ1v) is 22.5. The Bertz CT molecular complexity index is 3690. The predicted molar refractivity (Wildman–Crippen MR) is 279 cm³/mol. The van der Waals surface area contributed by atoms with Crippen LogP contribution >= 0.6 is 0 Å². The number of phenolic OH excluding ortho intramolecular Hbond substituents is 1. The van der Waals surface area contributed by atoms with Crippen molar-refractivity contribution in [1.29, 1.82) is 0 Å². The smallest absolute Gasteiger partial charge is 0.241 e. The van der Waals surface area contributed by atoms with Crippen molar-refractivity contribution in [2.45, 2.75) is 0 Å². The summed E-state index contributed by atoms with van der Waals surface area (Å²) in [6.07, 6.45) is 0. The Hall–Kier alpha value is -8.60. The minimum Gasteiger partial charge on any atom is -0.507 e. The molecule has 0 aliphatic rings. The first kappa shape index (κ1) is 39.0. The highest BCUT2D eigenvalue weighted by Gasteiger charge is 2.26. The monoisotopic (exact) mass is 843 g/mol. The van der Waals surface area contributed by atoms with Crippen LogP contribution in [0.4, 0.5) is 17.1 Å². The second kappa shape index (κ2) is 16.5. The van der Waals surface area contributed by atoms with Crippen LogP contribution in [0.1, 0.15) is 0 Å². The van der Waals surface area contributed by atoms with E-state index in [1.807, 2.05) is 30.3 Å². The number of benzene rings is 11. The van der Waals surface area contributed by atoms with E-state index >= 15 is 0 Å². The number of anilines is 3. The fraction of sp³-hybridized carbons (Fsp3) is 0. The van der Waals surface area contributed by atoms with Crippen molar-refractivity contribution in [3.63, 3.8) is 0 Å². The average molecular weight is 844 g/mol. The van der Waals surface area contributed by atoms with Crippen LogP contribution in [0.3, 0.4) is 0 Å². The number of aromatic hydroxyl groups is 1. The van der Waals surface area contributed by atoms with Gasteiger partial charge in [-0.2, -0.15) is 0 Å². The highest BCUT2D eigenvalue weighted by molar-refractivity contribution is 6.96. The van der Waals surface area contributed by atoms with Crippen LogP contribution in [0, 0.1) is 0 Å². The van der Waals surface area contributed by atoms with E-state index in [0.29, 0.717) is 0 Å².